The van der Waals surface area contributed by atoms with Gasteiger partial charge < -0.3 is 9.88 Å². The number of carbonyl (C=O) groups is 1. The fraction of sp³-hybridized carbons (Fsp3) is 0.286. The minimum Gasteiger partial charge on any atom is -0.352 e. The number of halogens is 1. The van der Waals surface area contributed by atoms with Crippen LogP contribution in [-0.2, 0) is 28.4 Å². The molecule has 0 aliphatic rings. The Hall–Kier alpha value is -1.90. The highest BCUT2D eigenvalue weighted by molar-refractivity contribution is 7.89. The Morgan fingerprint density at radius 1 is 1.30 bits per heavy atom. The van der Waals surface area contributed by atoms with Crippen LogP contribution in [0.25, 0.3) is 0 Å². The van der Waals surface area contributed by atoms with Crippen LogP contribution in [0.1, 0.15) is 12.0 Å². The Kier molecular flexibility index (Phi) is 5.75. The first kappa shape index (κ1) is 17.5. The molecule has 9 heteroatoms. The predicted octanol–water partition coefficient (Wildman–Crippen LogP) is 1.06. The molecule has 0 bridgehead atoms. The van der Waals surface area contributed by atoms with Gasteiger partial charge in [0, 0.05) is 26.6 Å². The first-order chi connectivity index (χ1) is 10.9. The maximum atomic E-state index is 12.0. The van der Waals surface area contributed by atoms with Crippen molar-refractivity contribution in [1.29, 1.82) is 0 Å². The Labute approximate surface area is 139 Å². The first-order valence-electron chi connectivity index (χ1n) is 6.87. The van der Waals surface area contributed by atoms with Crippen LogP contribution in [0.15, 0.2) is 41.7 Å². The Bertz CT molecular complexity index is 775. The number of amides is 1. The molecule has 0 saturated carbocycles. The lowest BCUT2D eigenvalue weighted by Gasteiger charge is -2.07. The number of carbonyl (C=O) groups excluding carboxylic acids is 1. The summed E-state index contributed by atoms with van der Waals surface area (Å²) in [4.78, 5) is 15.5. The van der Waals surface area contributed by atoms with Gasteiger partial charge in [-0.05, 0) is 5.56 Å². The summed E-state index contributed by atoms with van der Waals surface area (Å²) in [5.41, 5.74) is 0.974. The molecule has 0 spiro atoms. The van der Waals surface area contributed by atoms with Crippen molar-refractivity contribution in [3.05, 3.63) is 47.4 Å². The summed E-state index contributed by atoms with van der Waals surface area (Å²) in [6, 6.07) is 9.44. The van der Waals surface area contributed by atoms with Crippen LogP contribution in [-0.4, -0.2) is 30.4 Å². The Morgan fingerprint density at radius 3 is 2.61 bits per heavy atom. The second-order valence-corrected chi connectivity index (χ2v) is 6.90. The van der Waals surface area contributed by atoms with Gasteiger partial charge in [-0.3, -0.25) is 4.79 Å². The fourth-order valence-electron chi connectivity index (χ4n) is 1.83. The average molecular weight is 357 g/mol. The van der Waals surface area contributed by atoms with E-state index in [1.807, 2.05) is 30.3 Å². The predicted molar refractivity (Wildman–Crippen MR) is 86.3 cm³/mol. The van der Waals surface area contributed by atoms with Gasteiger partial charge in [0.2, 0.25) is 10.9 Å². The van der Waals surface area contributed by atoms with E-state index >= 15 is 0 Å². The Morgan fingerprint density at radius 2 is 2.00 bits per heavy atom. The van der Waals surface area contributed by atoms with Gasteiger partial charge in [0.25, 0.3) is 10.0 Å². The van der Waals surface area contributed by atoms with Crippen LogP contribution in [0.5, 0.6) is 0 Å². The van der Waals surface area contributed by atoms with E-state index in [4.69, 9.17) is 11.6 Å². The van der Waals surface area contributed by atoms with Gasteiger partial charge in [0.05, 0.1) is 6.33 Å². The van der Waals surface area contributed by atoms with E-state index in [0.717, 1.165) is 5.56 Å². The van der Waals surface area contributed by atoms with Crippen LogP contribution in [0.4, 0.5) is 0 Å². The average Bonchev–Trinajstić information content (AvgIpc) is 2.86. The molecule has 1 aromatic heterocycles. The zero-order valence-electron chi connectivity index (χ0n) is 12.5. The first-order valence-corrected chi connectivity index (χ1v) is 8.73. The third-order valence-corrected chi connectivity index (χ3v) is 5.02. The SMILES string of the molecule is Cn1cnc(S(=O)(=O)NCCC(=O)NCc2ccccc2)c1Cl. The summed E-state index contributed by atoms with van der Waals surface area (Å²) in [5.74, 6) is -0.247. The van der Waals surface area contributed by atoms with Crippen LogP contribution >= 0.6 is 11.6 Å². The van der Waals surface area contributed by atoms with Gasteiger partial charge in [-0.15, -0.1) is 0 Å². The number of benzene rings is 1. The van der Waals surface area contributed by atoms with Gasteiger partial charge in [0.1, 0.15) is 5.15 Å². The zero-order chi connectivity index (χ0) is 16.9. The number of hydrogen-bond acceptors (Lipinski definition) is 4. The number of aryl methyl sites for hydroxylation is 1. The third kappa shape index (κ3) is 4.78. The minimum atomic E-state index is -3.83. The monoisotopic (exact) mass is 356 g/mol. The number of sulfonamides is 1. The molecule has 0 aliphatic carbocycles. The second-order valence-electron chi connectivity index (χ2n) is 4.86. The summed E-state index contributed by atoms with van der Waals surface area (Å²) in [6.45, 7) is 0.369. The number of hydrogen-bond donors (Lipinski definition) is 2. The van der Waals surface area contributed by atoms with Crippen molar-refractivity contribution >= 4 is 27.5 Å². The van der Waals surface area contributed by atoms with E-state index in [1.54, 1.807) is 7.05 Å². The van der Waals surface area contributed by atoms with Crippen LogP contribution in [0.2, 0.25) is 5.15 Å². The molecule has 23 heavy (non-hydrogen) atoms. The maximum Gasteiger partial charge on any atom is 0.261 e. The molecule has 2 N–H and O–H groups in total. The molecule has 124 valence electrons. The van der Waals surface area contributed by atoms with Crippen molar-refractivity contribution in [1.82, 2.24) is 19.6 Å². The van der Waals surface area contributed by atoms with Crippen molar-refractivity contribution in [2.45, 2.75) is 18.0 Å². The molecule has 0 aliphatic heterocycles. The highest BCUT2D eigenvalue weighted by atomic mass is 35.5. The fourth-order valence-corrected chi connectivity index (χ4v) is 3.28. The molecular formula is C14H17ClN4O3S. The van der Waals surface area contributed by atoms with Gasteiger partial charge >= 0.3 is 0 Å². The third-order valence-electron chi connectivity index (χ3n) is 3.07. The lowest BCUT2D eigenvalue weighted by molar-refractivity contribution is -0.121. The molecule has 0 radical (unpaired) electrons. The highest BCUT2D eigenvalue weighted by Gasteiger charge is 2.22. The van der Waals surface area contributed by atoms with Crippen molar-refractivity contribution in [2.24, 2.45) is 7.05 Å². The standard InChI is InChI=1S/C14H17ClN4O3S/c1-19-10-17-14(13(19)15)23(21,22)18-8-7-12(20)16-9-11-5-3-2-4-6-11/h2-6,10,18H,7-9H2,1H3,(H,16,20). The van der Waals surface area contributed by atoms with Crippen molar-refractivity contribution in [3.63, 3.8) is 0 Å². The molecule has 2 aromatic rings. The largest absolute Gasteiger partial charge is 0.352 e. The molecule has 0 fully saturated rings. The van der Waals surface area contributed by atoms with Gasteiger partial charge in [-0.25, -0.2) is 18.1 Å². The topological polar surface area (TPSA) is 93.1 Å². The van der Waals surface area contributed by atoms with Crippen LogP contribution < -0.4 is 10.0 Å². The van der Waals surface area contributed by atoms with Gasteiger partial charge in [0.15, 0.2) is 0 Å². The summed E-state index contributed by atoms with van der Waals surface area (Å²) in [5, 5.41) is 2.50. The van der Waals surface area contributed by atoms with Crippen molar-refractivity contribution < 1.29 is 13.2 Å². The quantitative estimate of drug-likeness (QED) is 0.775. The lowest BCUT2D eigenvalue weighted by atomic mass is 10.2. The molecule has 0 atom stereocenters. The van der Waals surface area contributed by atoms with E-state index in [1.165, 1.54) is 10.9 Å². The molecule has 0 unspecified atom stereocenters. The van der Waals surface area contributed by atoms with Crippen molar-refractivity contribution in [3.8, 4) is 0 Å². The van der Waals surface area contributed by atoms with E-state index in [2.05, 4.69) is 15.0 Å². The van der Waals surface area contributed by atoms with Gasteiger partial charge in [-0.2, -0.15) is 0 Å². The van der Waals surface area contributed by atoms with E-state index in [9.17, 15) is 13.2 Å². The van der Waals surface area contributed by atoms with Crippen LogP contribution in [0.3, 0.4) is 0 Å². The van der Waals surface area contributed by atoms with E-state index < -0.39 is 10.0 Å². The van der Waals surface area contributed by atoms with Gasteiger partial charge in [-0.1, -0.05) is 41.9 Å². The van der Waals surface area contributed by atoms with E-state index in [0.29, 0.717) is 6.54 Å². The van der Waals surface area contributed by atoms with Crippen LogP contribution in [0, 0.1) is 0 Å². The highest BCUT2D eigenvalue weighted by Crippen LogP contribution is 2.17. The molecular weight excluding hydrogens is 340 g/mol. The molecule has 7 nitrogen and oxygen atoms in total. The molecule has 2 rings (SSSR count). The lowest BCUT2D eigenvalue weighted by Crippen LogP contribution is -2.30. The maximum absolute atomic E-state index is 12.0. The number of imidazole rings is 1. The van der Waals surface area contributed by atoms with E-state index in [-0.39, 0.29) is 29.1 Å². The summed E-state index contributed by atoms with van der Waals surface area (Å²) in [7, 11) is -2.24. The molecule has 1 aromatic carbocycles. The summed E-state index contributed by atoms with van der Waals surface area (Å²) < 4.78 is 27.7. The van der Waals surface area contributed by atoms with Crippen molar-refractivity contribution in [2.75, 3.05) is 6.54 Å². The number of rotatable bonds is 7. The molecule has 1 heterocycles. The normalized spacial score (nSPS) is 11.4. The Balaban J connectivity index is 1.80. The summed E-state index contributed by atoms with van der Waals surface area (Å²) in [6.07, 6.45) is 1.33. The zero-order valence-corrected chi connectivity index (χ0v) is 14.1. The molecule has 0 saturated heterocycles. The molecule has 1 amide bonds. The smallest absolute Gasteiger partial charge is 0.261 e. The summed E-state index contributed by atoms with van der Waals surface area (Å²) >= 11 is 5.85. The number of nitrogens with one attached hydrogen (secondary N) is 2. The minimum absolute atomic E-state index is 0.0195. The number of aromatic nitrogens is 2. The number of nitrogens with zero attached hydrogens (tertiary/aromatic N) is 2. The second kappa shape index (κ2) is 7.58.